The van der Waals surface area contributed by atoms with Gasteiger partial charge in [-0.3, -0.25) is 5.32 Å². The molecule has 116 valence electrons. The highest BCUT2D eigenvalue weighted by molar-refractivity contribution is 5.45. The number of rotatable bonds is 9. The summed E-state index contributed by atoms with van der Waals surface area (Å²) in [5.74, 6) is 0.0992. The lowest BCUT2D eigenvalue weighted by Crippen LogP contribution is -2.22. The Hall–Kier alpha value is -1.91. The molecule has 0 spiro atoms. The molecule has 21 heavy (non-hydrogen) atoms. The molecule has 0 aliphatic rings. The van der Waals surface area contributed by atoms with Gasteiger partial charge in [0, 0.05) is 6.61 Å². The second-order valence-electron chi connectivity index (χ2n) is 4.11. The van der Waals surface area contributed by atoms with E-state index in [9.17, 15) is 8.78 Å². The summed E-state index contributed by atoms with van der Waals surface area (Å²) in [5, 5.41) is 20.8. The van der Waals surface area contributed by atoms with Gasteiger partial charge in [-0.1, -0.05) is 6.07 Å². The molecule has 1 aromatic carbocycles. The van der Waals surface area contributed by atoms with E-state index in [1.807, 2.05) is 0 Å². The van der Waals surface area contributed by atoms with Crippen molar-refractivity contribution in [2.75, 3.05) is 19.8 Å². The highest BCUT2D eigenvalue weighted by Crippen LogP contribution is 2.31. The molecule has 0 heterocycles. The fourth-order valence-electron chi connectivity index (χ4n) is 1.73. The van der Waals surface area contributed by atoms with Gasteiger partial charge in [0.25, 0.3) is 0 Å². The first-order chi connectivity index (χ1) is 10.1. The van der Waals surface area contributed by atoms with Crippen molar-refractivity contribution in [1.82, 2.24) is 5.32 Å². The van der Waals surface area contributed by atoms with Crippen molar-refractivity contribution in [3.63, 3.8) is 0 Å². The van der Waals surface area contributed by atoms with Crippen LogP contribution in [0.5, 0.6) is 11.5 Å². The summed E-state index contributed by atoms with van der Waals surface area (Å²) in [7, 11) is 0. The van der Waals surface area contributed by atoms with Crippen LogP contribution >= 0.6 is 0 Å². The van der Waals surface area contributed by atoms with Crippen LogP contribution < -0.4 is 14.8 Å². The topological polar surface area (TPSA) is 74.5 Å². The average Bonchev–Trinajstić information content (AvgIpc) is 2.45. The molecule has 7 heteroatoms. The number of nitrogens with one attached hydrogen (secondary N) is 1. The fourth-order valence-corrected chi connectivity index (χ4v) is 1.73. The molecule has 0 radical (unpaired) electrons. The van der Waals surface area contributed by atoms with Gasteiger partial charge < -0.3 is 14.6 Å². The quantitative estimate of drug-likeness (QED) is 0.684. The first-order valence-corrected chi connectivity index (χ1v) is 6.57. The van der Waals surface area contributed by atoms with E-state index in [0.29, 0.717) is 18.5 Å². The lowest BCUT2D eigenvalue weighted by Gasteiger charge is -2.16. The van der Waals surface area contributed by atoms with Crippen LogP contribution in [0.2, 0.25) is 0 Å². The largest absolute Gasteiger partial charge is 0.490 e. The van der Waals surface area contributed by atoms with E-state index in [2.05, 4.69) is 16.1 Å². The van der Waals surface area contributed by atoms with E-state index >= 15 is 0 Å². The smallest absolute Gasteiger partial charge is 0.387 e. The number of halogens is 2. The van der Waals surface area contributed by atoms with Crippen molar-refractivity contribution in [2.45, 2.75) is 26.0 Å². The van der Waals surface area contributed by atoms with Crippen molar-refractivity contribution < 1.29 is 23.4 Å². The number of benzene rings is 1. The van der Waals surface area contributed by atoms with Crippen LogP contribution in [0.25, 0.3) is 0 Å². The van der Waals surface area contributed by atoms with E-state index in [-0.39, 0.29) is 24.7 Å². The molecule has 0 saturated carbocycles. The summed E-state index contributed by atoms with van der Waals surface area (Å²) in [6.07, 6.45) is 0.517. The molecule has 5 nitrogen and oxygen atoms in total. The second-order valence-corrected chi connectivity index (χ2v) is 4.11. The molecule has 0 aliphatic heterocycles. The highest BCUT2D eigenvalue weighted by Gasteiger charge is 2.15. The lowest BCUT2D eigenvalue weighted by atomic mass is 10.1. The summed E-state index contributed by atoms with van der Waals surface area (Å²) >= 11 is 0. The van der Waals surface area contributed by atoms with E-state index in [1.165, 1.54) is 18.2 Å². The van der Waals surface area contributed by atoms with Gasteiger partial charge in [-0.05, 0) is 37.6 Å². The summed E-state index contributed by atoms with van der Waals surface area (Å²) < 4.78 is 34.2. The van der Waals surface area contributed by atoms with Gasteiger partial charge >= 0.3 is 6.61 Å². The van der Waals surface area contributed by atoms with E-state index in [0.717, 1.165) is 0 Å². The van der Waals surface area contributed by atoms with E-state index < -0.39 is 12.7 Å². The second kappa shape index (κ2) is 9.10. The number of aliphatic hydroxyl groups excluding tert-OH is 1. The van der Waals surface area contributed by atoms with Crippen LogP contribution in [0, 0.1) is 11.3 Å². The minimum absolute atomic E-state index is 0.0243. The molecule has 1 atom stereocenters. The van der Waals surface area contributed by atoms with Gasteiger partial charge in [-0.15, -0.1) is 0 Å². The van der Waals surface area contributed by atoms with Gasteiger partial charge in [0.05, 0.1) is 12.7 Å². The molecule has 0 aliphatic carbocycles. The molecule has 1 aromatic rings. The van der Waals surface area contributed by atoms with Gasteiger partial charge in [0.1, 0.15) is 6.04 Å². The van der Waals surface area contributed by atoms with Gasteiger partial charge in [-0.25, -0.2) is 0 Å². The standard InChI is InChI=1S/C14H18F2N2O3/c1-2-20-13-8-10(4-5-12(13)21-14(15)16)11(9-17)18-6-3-7-19/h4-5,8,11,14,18-19H,2-3,6-7H2,1H3. The van der Waals surface area contributed by atoms with Crippen LogP contribution in [0.3, 0.4) is 0 Å². The van der Waals surface area contributed by atoms with Crippen LogP contribution in [-0.4, -0.2) is 31.5 Å². The molecule has 0 saturated heterocycles. The summed E-state index contributed by atoms with van der Waals surface area (Å²) in [6, 6.07) is 5.84. The third-order valence-corrected chi connectivity index (χ3v) is 2.63. The van der Waals surface area contributed by atoms with Crippen molar-refractivity contribution in [2.24, 2.45) is 0 Å². The van der Waals surface area contributed by atoms with Crippen LogP contribution in [0.1, 0.15) is 24.9 Å². The molecule has 1 rings (SSSR count). The average molecular weight is 300 g/mol. The Bertz CT molecular complexity index is 478. The predicted molar refractivity (Wildman–Crippen MR) is 72.3 cm³/mol. The van der Waals surface area contributed by atoms with Crippen LogP contribution in [-0.2, 0) is 0 Å². The number of hydrogen-bond donors (Lipinski definition) is 2. The minimum Gasteiger partial charge on any atom is -0.490 e. The maximum atomic E-state index is 12.3. The van der Waals surface area contributed by atoms with Crippen LogP contribution in [0.4, 0.5) is 8.78 Å². The molecule has 2 N–H and O–H groups in total. The third-order valence-electron chi connectivity index (χ3n) is 2.63. The zero-order chi connectivity index (χ0) is 15.7. The number of aliphatic hydroxyl groups is 1. The Labute approximate surface area is 122 Å². The van der Waals surface area contributed by atoms with E-state index in [4.69, 9.17) is 15.1 Å². The van der Waals surface area contributed by atoms with Gasteiger partial charge in [0.2, 0.25) is 0 Å². The third kappa shape index (κ3) is 5.53. The predicted octanol–water partition coefficient (Wildman–Crippen LogP) is 2.22. The van der Waals surface area contributed by atoms with Crippen molar-refractivity contribution >= 4 is 0 Å². The molecular weight excluding hydrogens is 282 g/mol. The Morgan fingerprint density at radius 2 is 2.14 bits per heavy atom. The van der Waals surface area contributed by atoms with E-state index in [1.54, 1.807) is 6.92 Å². The maximum absolute atomic E-state index is 12.3. The highest BCUT2D eigenvalue weighted by atomic mass is 19.3. The minimum atomic E-state index is -2.94. The Kier molecular flexibility index (Phi) is 7.43. The molecule has 1 unspecified atom stereocenters. The van der Waals surface area contributed by atoms with Gasteiger partial charge in [0.15, 0.2) is 11.5 Å². The summed E-state index contributed by atoms with van der Waals surface area (Å²) in [6.45, 7) is -0.437. The normalized spacial score (nSPS) is 12.0. The number of alkyl halides is 2. The first kappa shape index (κ1) is 17.1. The SMILES string of the molecule is CCOc1cc(C(C#N)NCCCO)ccc1OC(F)F. The summed E-state index contributed by atoms with van der Waals surface area (Å²) in [5.41, 5.74) is 0.584. The van der Waals surface area contributed by atoms with Crippen molar-refractivity contribution in [1.29, 1.82) is 5.26 Å². The first-order valence-electron chi connectivity index (χ1n) is 6.57. The number of ether oxygens (including phenoxy) is 2. The number of hydrogen-bond acceptors (Lipinski definition) is 5. The molecule has 0 fully saturated rings. The molecule has 0 bridgehead atoms. The zero-order valence-corrected chi connectivity index (χ0v) is 11.7. The fraction of sp³-hybridized carbons (Fsp3) is 0.500. The van der Waals surface area contributed by atoms with Crippen molar-refractivity contribution in [3.8, 4) is 17.6 Å². The molecule has 0 aromatic heterocycles. The Balaban J connectivity index is 2.91. The van der Waals surface area contributed by atoms with Crippen LogP contribution in [0.15, 0.2) is 18.2 Å². The Morgan fingerprint density at radius 3 is 2.71 bits per heavy atom. The Morgan fingerprint density at radius 1 is 1.38 bits per heavy atom. The van der Waals surface area contributed by atoms with Crippen molar-refractivity contribution in [3.05, 3.63) is 23.8 Å². The molecular formula is C14H18F2N2O3. The lowest BCUT2D eigenvalue weighted by molar-refractivity contribution is -0.0514. The van der Waals surface area contributed by atoms with Gasteiger partial charge in [-0.2, -0.15) is 14.0 Å². The number of nitrogens with zero attached hydrogens (tertiary/aromatic N) is 1. The maximum Gasteiger partial charge on any atom is 0.387 e. The summed E-state index contributed by atoms with van der Waals surface area (Å²) in [4.78, 5) is 0. The number of nitriles is 1. The zero-order valence-electron chi connectivity index (χ0n) is 11.7. The molecule has 0 amide bonds. The monoisotopic (exact) mass is 300 g/mol.